The van der Waals surface area contributed by atoms with E-state index in [1.807, 2.05) is 0 Å². The molecule has 0 unspecified atom stereocenters. The third kappa shape index (κ3) is 4.03. The maximum atomic E-state index is 12.7. The number of amides is 1. The SMILES string of the molecule is Nc1ncnc2c1nc1n2[C@@H]2O[C@H](COS(=O)(=O)NC(=O)c3c(O)cccc3CC#C1)[C@@H](O)[C@H]2O. The minimum Gasteiger partial charge on any atom is -0.507 e. The molecule has 35 heavy (non-hydrogen) atoms. The molecule has 1 amide bonds. The van der Waals surface area contributed by atoms with Gasteiger partial charge in [-0.15, -0.1) is 0 Å². The number of aliphatic hydroxyl groups excluding tert-OH is 2. The Morgan fingerprint density at radius 1 is 1.23 bits per heavy atom. The number of nitrogens with one attached hydrogen (secondary N) is 1. The Labute approximate surface area is 197 Å². The van der Waals surface area contributed by atoms with Crippen molar-refractivity contribution in [1.82, 2.24) is 24.2 Å². The number of carbonyl (C=O) groups is 1. The molecule has 2 aromatic heterocycles. The van der Waals surface area contributed by atoms with Gasteiger partial charge >= 0.3 is 10.3 Å². The van der Waals surface area contributed by atoms with Gasteiger partial charge in [-0.1, -0.05) is 18.1 Å². The Morgan fingerprint density at radius 3 is 2.83 bits per heavy atom. The number of rotatable bonds is 0. The number of imidazole rings is 1. The van der Waals surface area contributed by atoms with Crippen LogP contribution in [0.4, 0.5) is 5.82 Å². The molecule has 15 heteroatoms. The quantitative estimate of drug-likeness (QED) is 0.218. The van der Waals surface area contributed by atoms with Gasteiger partial charge in [0.1, 0.15) is 30.4 Å². The van der Waals surface area contributed by atoms with Crippen LogP contribution >= 0.6 is 0 Å². The van der Waals surface area contributed by atoms with Crippen molar-refractivity contribution in [2.75, 3.05) is 12.3 Å². The van der Waals surface area contributed by atoms with Gasteiger partial charge in [0, 0.05) is 6.42 Å². The maximum Gasteiger partial charge on any atom is 0.362 e. The summed E-state index contributed by atoms with van der Waals surface area (Å²) < 4.78 is 38.3. The standard InChI is InChI=1S/C20H18N6O8S/c21-17-14-18(23-8-22-17)26-12(24-14)6-2-4-9-3-1-5-10(27)13(9)19(30)25-35(31,32)33-7-11-15(28)16(29)20(26)34-11/h1,3,5,8,11,15-16,20,27-29H,4,7H2,(H,25,30)(H2,21,22,23)/t11-,15-,16-,20-/m1/s1. The van der Waals surface area contributed by atoms with E-state index in [1.165, 1.54) is 29.1 Å². The third-order valence-electron chi connectivity index (χ3n) is 5.54. The summed E-state index contributed by atoms with van der Waals surface area (Å²) in [6, 6.07) is 4.18. The van der Waals surface area contributed by atoms with E-state index >= 15 is 0 Å². The maximum absolute atomic E-state index is 12.7. The second kappa shape index (κ2) is 8.45. The number of carbonyl (C=O) groups excluding carboxylic acids is 1. The van der Waals surface area contributed by atoms with Gasteiger partial charge in [0.05, 0.1) is 12.2 Å². The fraction of sp³-hybridized carbons (Fsp3) is 0.300. The lowest BCUT2D eigenvalue weighted by Crippen LogP contribution is -2.38. The van der Waals surface area contributed by atoms with Crippen LogP contribution in [0.15, 0.2) is 24.5 Å². The molecule has 3 aromatic rings. The van der Waals surface area contributed by atoms with Gasteiger partial charge in [0.15, 0.2) is 29.0 Å². The highest BCUT2D eigenvalue weighted by Crippen LogP contribution is 2.34. The minimum atomic E-state index is -4.68. The van der Waals surface area contributed by atoms with Crippen LogP contribution in [0.1, 0.15) is 28.0 Å². The van der Waals surface area contributed by atoms with E-state index in [2.05, 4.69) is 26.8 Å². The molecule has 0 spiro atoms. The largest absolute Gasteiger partial charge is 0.507 e. The number of nitrogens with two attached hydrogens (primary N) is 1. The van der Waals surface area contributed by atoms with E-state index in [0.29, 0.717) is 0 Å². The number of aromatic nitrogens is 4. The van der Waals surface area contributed by atoms with Gasteiger partial charge in [-0.3, -0.25) is 13.5 Å². The number of hydrogen-bond acceptors (Lipinski definition) is 12. The molecule has 5 rings (SSSR count). The first-order chi connectivity index (χ1) is 16.7. The first-order valence-electron chi connectivity index (χ1n) is 10.2. The molecule has 1 saturated heterocycles. The predicted molar refractivity (Wildman–Crippen MR) is 117 cm³/mol. The zero-order valence-corrected chi connectivity index (χ0v) is 18.5. The number of ether oxygens (including phenoxy) is 1. The van der Waals surface area contributed by atoms with Crippen LogP contribution in [0.3, 0.4) is 0 Å². The fourth-order valence-corrected chi connectivity index (χ4v) is 4.60. The topological polar surface area (TPSA) is 212 Å². The first-order valence-corrected chi connectivity index (χ1v) is 11.6. The average Bonchev–Trinajstić information content (AvgIpc) is 3.29. The predicted octanol–water partition coefficient (Wildman–Crippen LogP) is -1.67. The Balaban J connectivity index is 1.69. The summed E-state index contributed by atoms with van der Waals surface area (Å²) >= 11 is 0. The number of fused-ring (bicyclic) bond motifs is 7. The van der Waals surface area contributed by atoms with E-state index in [1.54, 1.807) is 4.72 Å². The van der Waals surface area contributed by atoms with Gasteiger partial charge in [-0.05, 0) is 17.6 Å². The van der Waals surface area contributed by atoms with Crippen molar-refractivity contribution >= 4 is 33.2 Å². The molecule has 2 aliphatic rings. The lowest BCUT2D eigenvalue weighted by Gasteiger charge is -2.17. The summed E-state index contributed by atoms with van der Waals surface area (Å²) in [6.45, 7) is -0.740. The van der Waals surface area contributed by atoms with E-state index in [0.717, 1.165) is 0 Å². The van der Waals surface area contributed by atoms with Gasteiger partial charge in [0.2, 0.25) is 0 Å². The lowest BCUT2D eigenvalue weighted by molar-refractivity contribution is -0.0472. The highest BCUT2D eigenvalue weighted by atomic mass is 32.2. The van der Waals surface area contributed by atoms with Crippen LogP contribution in [0, 0.1) is 11.8 Å². The highest BCUT2D eigenvalue weighted by Gasteiger charge is 2.46. The summed E-state index contributed by atoms with van der Waals surface area (Å²) in [5, 5.41) is 31.4. The van der Waals surface area contributed by atoms with Crippen LogP contribution in [-0.2, 0) is 25.6 Å². The lowest BCUT2D eigenvalue weighted by atomic mass is 10.0. The van der Waals surface area contributed by atoms with Crippen molar-refractivity contribution in [3.8, 4) is 17.6 Å². The molecular formula is C20H18N6O8S. The number of aliphatic hydroxyl groups is 2. The van der Waals surface area contributed by atoms with E-state index in [9.17, 15) is 28.5 Å². The van der Waals surface area contributed by atoms with Crippen molar-refractivity contribution in [1.29, 1.82) is 0 Å². The first kappa shape index (κ1) is 23.0. The summed E-state index contributed by atoms with van der Waals surface area (Å²) in [6.07, 6.45) is -4.62. The Kier molecular flexibility index (Phi) is 5.54. The van der Waals surface area contributed by atoms with Crippen LogP contribution < -0.4 is 10.5 Å². The van der Waals surface area contributed by atoms with E-state index in [-0.39, 0.29) is 40.4 Å². The zero-order chi connectivity index (χ0) is 24.9. The number of phenols is 1. The van der Waals surface area contributed by atoms with E-state index in [4.69, 9.17) is 14.7 Å². The van der Waals surface area contributed by atoms with Crippen molar-refractivity contribution in [3.05, 3.63) is 41.5 Å². The summed E-state index contributed by atoms with van der Waals surface area (Å²) in [7, 11) is -4.68. The normalized spacial score (nSPS) is 25.9. The van der Waals surface area contributed by atoms with Crippen LogP contribution in [0.25, 0.3) is 11.2 Å². The van der Waals surface area contributed by atoms with Gasteiger partial charge in [0.25, 0.3) is 5.91 Å². The molecule has 182 valence electrons. The Bertz CT molecular complexity index is 1510. The highest BCUT2D eigenvalue weighted by molar-refractivity contribution is 7.85. The Morgan fingerprint density at radius 2 is 2.03 bits per heavy atom. The molecule has 2 aliphatic heterocycles. The smallest absolute Gasteiger partial charge is 0.362 e. The summed E-state index contributed by atoms with van der Waals surface area (Å²) in [5.74, 6) is 4.10. The van der Waals surface area contributed by atoms with E-state index < -0.39 is 53.1 Å². The Hall–Kier alpha value is -3.81. The summed E-state index contributed by atoms with van der Waals surface area (Å²) in [5.41, 5.74) is 6.17. The van der Waals surface area contributed by atoms with Crippen molar-refractivity contribution in [2.45, 2.75) is 31.0 Å². The number of aromatic hydroxyl groups is 1. The van der Waals surface area contributed by atoms with Crippen LogP contribution in [-0.4, -0.2) is 74.1 Å². The third-order valence-corrected chi connectivity index (χ3v) is 6.42. The molecule has 0 aliphatic carbocycles. The second-order valence-electron chi connectivity index (χ2n) is 7.74. The van der Waals surface area contributed by atoms with Crippen LogP contribution in [0.5, 0.6) is 5.75 Å². The average molecular weight is 502 g/mol. The number of phenolic OH excluding ortho intramolecular Hbond substituents is 1. The number of benzene rings is 1. The zero-order valence-electron chi connectivity index (χ0n) is 17.7. The van der Waals surface area contributed by atoms with Crippen LogP contribution in [0.2, 0.25) is 0 Å². The number of anilines is 1. The van der Waals surface area contributed by atoms with Crippen molar-refractivity contribution in [2.24, 2.45) is 0 Å². The van der Waals surface area contributed by atoms with Crippen molar-refractivity contribution < 1.29 is 37.5 Å². The molecule has 1 fully saturated rings. The van der Waals surface area contributed by atoms with Gasteiger partial charge < -0.3 is 25.8 Å². The number of hydrogen-bond donors (Lipinski definition) is 5. The monoisotopic (exact) mass is 502 g/mol. The fourth-order valence-electron chi connectivity index (χ4n) is 3.90. The summed E-state index contributed by atoms with van der Waals surface area (Å²) in [4.78, 5) is 25.0. The number of nitrogen functional groups attached to an aromatic ring is 1. The molecule has 6 N–H and O–H groups in total. The molecule has 0 radical (unpaired) electrons. The molecule has 2 bridgehead atoms. The van der Waals surface area contributed by atoms with Gasteiger partial charge in [-0.25, -0.2) is 19.7 Å². The molecule has 0 saturated carbocycles. The molecule has 14 nitrogen and oxygen atoms in total. The van der Waals surface area contributed by atoms with Gasteiger partial charge in [-0.2, -0.15) is 8.42 Å². The second-order valence-corrected chi connectivity index (χ2v) is 9.09. The molecule has 1 aromatic carbocycles. The molecule has 4 heterocycles. The molecular weight excluding hydrogens is 484 g/mol. The number of nitrogens with zero attached hydrogens (tertiary/aromatic N) is 4. The minimum absolute atomic E-state index is 0.0390. The van der Waals surface area contributed by atoms with Crippen molar-refractivity contribution in [3.63, 3.8) is 0 Å². The molecule has 4 atom stereocenters.